The Labute approximate surface area is 216 Å². The number of carboxylic acids is 1. The molecular formula is C27H36N4O6. The highest BCUT2D eigenvalue weighted by Gasteiger charge is 2.28. The van der Waals surface area contributed by atoms with E-state index >= 15 is 0 Å². The van der Waals surface area contributed by atoms with Gasteiger partial charge in [-0.3, -0.25) is 19.2 Å². The standard InChI is InChI=1S/C27H36N4O6/c1-16-6-5-7-17(2)21(16)15-23(27(37)31(4)13-12-24(33)34)30-25(35)18(3)29-26(36)22(28)14-19-8-10-20(32)11-9-19/h5-11,18,22-23,32H,12-15,28H2,1-4H3,(H,29,36)(H,30,35)(H,33,34)/t18-,22+,23+/m1/s1. The van der Waals surface area contributed by atoms with Gasteiger partial charge in [0.25, 0.3) is 0 Å². The number of phenols is 1. The Morgan fingerprint density at radius 2 is 1.54 bits per heavy atom. The summed E-state index contributed by atoms with van der Waals surface area (Å²) in [4.78, 5) is 51.0. The minimum Gasteiger partial charge on any atom is -0.508 e. The maximum Gasteiger partial charge on any atom is 0.305 e. The average Bonchev–Trinajstić information content (AvgIpc) is 2.84. The summed E-state index contributed by atoms with van der Waals surface area (Å²) in [5, 5.41) is 23.7. The third-order valence-electron chi connectivity index (χ3n) is 6.19. The van der Waals surface area contributed by atoms with Gasteiger partial charge >= 0.3 is 5.97 Å². The molecule has 10 heteroatoms. The molecule has 3 atom stereocenters. The predicted molar refractivity (Wildman–Crippen MR) is 139 cm³/mol. The number of benzene rings is 2. The number of aryl methyl sites for hydroxylation is 2. The van der Waals surface area contributed by atoms with Crippen LogP contribution in [0, 0.1) is 13.8 Å². The van der Waals surface area contributed by atoms with Crippen LogP contribution in [-0.2, 0) is 32.0 Å². The Balaban J connectivity index is 2.10. The fourth-order valence-electron chi connectivity index (χ4n) is 3.88. The van der Waals surface area contributed by atoms with E-state index in [0.29, 0.717) is 0 Å². The van der Waals surface area contributed by atoms with Crippen molar-refractivity contribution in [2.45, 2.75) is 58.2 Å². The van der Waals surface area contributed by atoms with Crippen molar-refractivity contribution in [1.29, 1.82) is 0 Å². The van der Waals surface area contributed by atoms with Crippen molar-refractivity contribution in [2.75, 3.05) is 13.6 Å². The third kappa shape index (κ3) is 8.91. The summed E-state index contributed by atoms with van der Waals surface area (Å²) in [5.41, 5.74) is 9.58. The lowest BCUT2D eigenvalue weighted by molar-refractivity contribution is -0.139. The molecule has 200 valence electrons. The largest absolute Gasteiger partial charge is 0.508 e. The molecule has 2 aromatic rings. The van der Waals surface area contributed by atoms with E-state index in [1.54, 1.807) is 12.1 Å². The summed E-state index contributed by atoms with van der Waals surface area (Å²) in [7, 11) is 1.49. The van der Waals surface area contributed by atoms with E-state index in [0.717, 1.165) is 22.3 Å². The smallest absolute Gasteiger partial charge is 0.305 e. The van der Waals surface area contributed by atoms with Crippen LogP contribution in [0.1, 0.15) is 35.6 Å². The molecule has 0 aromatic heterocycles. The Hall–Kier alpha value is -3.92. The van der Waals surface area contributed by atoms with E-state index in [2.05, 4.69) is 10.6 Å². The van der Waals surface area contributed by atoms with Crippen molar-refractivity contribution in [1.82, 2.24) is 15.5 Å². The first kappa shape index (κ1) is 29.3. The van der Waals surface area contributed by atoms with Crippen molar-refractivity contribution in [3.8, 4) is 5.75 Å². The third-order valence-corrected chi connectivity index (χ3v) is 6.19. The molecule has 0 saturated carbocycles. The molecule has 0 saturated heterocycles. The molecule has 0 radical (unpaired) electrons. The van der Waals surface area contributed by atoms with Crippen LogP contribution in [0.5, 0.6) is 5.75 Å². The molecule has 0 unspecified atom stereocenters. The second-order valence-electron chi connectivity index (χ2n) is 9.25. The molecule has 0 aliphatic carbocycles. The van der Waals surface area contributed by atoms with E-state index < -0.39 is 41.8 Å². The van der Waals surface area contributed by atoms with Crippen molar-refractivity contribution in [3.63, 3.8) is 0 Å². The topological polar surface area (TPSA) is 162 Å². The van der Waals surface area contributed by atoms with Gasteiger partial charge in [-0.25, -0.2) is 0 Å². The summed E-state index contributed by atoms with van der Waals surface area (Å²) < 4.78 is 0. The van der Waals surface area contributed by atoms with Gasteiger partial charge in [-0.05, 0) is 61.6 Å². The summed E-state index contributed by atoms with van der Waals surface area (Å²) in [5.74, 6) is -2.46. The highest BCUT2D eigenvalue weighted by atomic mass is 16.4. The van der Waals surface area contributed by atoms with Crippen LogP contribution in [0.2, 0.25) is 0 Å². The minimum atomic E-state index is -1.03. The Morgan fingerprint density at radius 3 is 2.11 bits per heavy atom. The van der Waals surface area contributed by atoms with Gasteiger partial charge in [0.1, 0.15) is 17.8 Å². The van der Waals surface area contributed by atoms with E-state index in [9.17, 15) is 24.3 Å². The second-order valence-corrected chi connectivity index (χ2v) is 9.25. The minimum absolute atomic E-state index is 0.00824. The Morgan fingerprint density at radius 1 is 0.946 bits per heavy atom. The zero-order valence-electron chi connectivity index (χ0n) is 21.7. The predicted octanol–water partition coefficient (Wildman–Crippen LogP) is 1.04. The van der Waals surface area contributed by atoms with Gasteiger partial charge in [0.15, 0.2) is 0 Å². The molecule has 0 heterocycles. The van der Waals surface area contributed by atoms with Gasteiger partial charge < -0.3 is 31.5 Å². The SMILES string of the molecule is Cc1cccc(C)c1C[C@H](NC(=O)[C@@H](C)NC(=O)[C@@H](N)Cc1ccc(O)cc1)C(=O)N(C)CCC(=O)O. The molecule has 0 bridgehead atoms. The average molecular weight is 513 g/mol. The van der Waals surface area contributed by atoms with Gasteiger partial charge in [0.2, 0.25) is 17.7 Å². The lowest BCUT2D eigenvalue weighted by Gasteiger charge is -2.27. The number of hydrogen-bond donors (Lipinski definition) is 5. The Kier molecular flexibility index (Phi) is 10.6. The molecule has 10 nitrogen and oxygen atoms in total. The number of nitrogens with two attached hydrogens (primary N) is 1. The molecule has 0 aliphatic heterocycles. The number of carboxylic acid groups (broad SMARTS) is 1. The first-order valence-corrected chi connectivity index (χ1v) is 12.0. The number of likely N-dealkylation sites (N-methyl/N-ethyl adjacent to an activating group) is 1. The summed E-state index contributed by atoms with van der Waals surface area (Å²) in [6.45, 7) is 5.32. The molecular weight excluding hydrogens is 476 g/mol. The van der Waals surface area contributed by atoms with Crippen molar-refractivity contribution >= 4 is 23.7 Å². The molecule has 37 heavy (non-hydrogen) atoms. The van der Waals surface area contributed by atoms with Crippen molar-refractivity contribution in [2.24, 2.45) is 5.73 Å². The second kappa shape index (κ2) is 13.4. The Bertz CT molecular complexity index is 1100. The fourth-order valence-corrected chi connectivity index (χ4v) is 3.88. The number of carbonyl (C=O) groups is 4. The van der Waals surface area contributed by atoms with Crippen LogP contribution in [0.25, 0.3) is 0 Å². The number of aromatic hydroxyl groups is 1. The molecule has 0 fully saturated rings. The maximum atomic E-state index is 13.2. The number of phenolic OH excluding ortho intramolecular Hbond substituents is 1. The fraction of sp³-hybridized carbons (Fsp3) is 0.407. The lowest BCUT2D eigenvalue weighted by atomic mass is 9.95. The van der Waals surface area contributed by atoms with Gasteiger partial charge in [0.05, 0.1) is 12.5 Å². The van der Waals surface area contributed by atoms with Crippen LogP contribution < -0.4 is 16.4 Å². The first-order valence-electron chi connectivity index (χ1n) is 12.0. The highest BCUT2D eigenvalue weighted by Crippen LogP contribution is 2.17. The van der Waals surface area contributed by atoms with E-state index in [-0.39, 0.29) is 31.6 Å². The van der Waals surface area contributed by atoms with Gasteiger partial charge in [-0.15, -0.1) is 0 Å². The van der Waals surface area contributed by atoms with E-state index in [1.165, 1.54) is 31.0 Å². The van der Waals surface area contributed by atoms with Crippen LogP contribution in [0.3, 0.4) is 0 Å². The van der Waals surface area contributed by atoms with Gasteiger partial charge in [-0.2, -0.15) is 0 Å². The number of nitrogens with one attached hydrogen (secondary N) is 2. The normalized spacial score (nSPS) is 13.2. The lowest BCUT2D eigenvalue weighted by Crippen LogP contribution is -2.55. The number of aliphatic carboxylic acids is 1. The van der Waals surface area contributed by atoms with Gasteiger partial charge in [-0.1, -0.05) is 30.3 Å². The summed E-state index contributed by atoms with van der Waals surface area (Å²) in [6.07, 6.45) is 0.196. The monoisotopic (exact) mass is 512 g/mol. The highest BCUT2D eigenvalue weighted by molar-refractivity contribution is 5.93. The number of amides is 3. The quantitative estimate of drug-likeness (QED) is 0.284. The van der Waals surface area contributed by atoms with Gasteiger partial charge in [0, 0.05) is 20.0 Å². The molecule has 2 aromatic carbocycles. The van der Waals surface area contributed by atoms with Crippen LogP contribution in [0.4, 0.5) is 0 Å². The summed E-state index contributed by atoms with van der Waals surface area (Å²) in [6, 6.07) is 9.18. The van der Waals surface area contributed by atoms with Crippen LogP contribution >= 0.6 is 0 Å². The van der Waals surface area contributed by atoms with Crippen LogP contribution in [-0.4, -0.2) is 70.5 Å². The van der Waals surface area contributed by atoms with E-state index in [4.69, 9.17) is 10.8 Å². The molecule has 0 spiro atoms. The van der Waals surface area contributed by atoms with Crippen molar-refractivity contribution < 1.29 is 29.4 Å². The molecule has 2 rings (SSSR count). The molecule has 3 amide bonds. The zero-order chi connectivity index (χ0) is 27.7. The number of carbonyl (C=O) groups excluding carboxylic acids is 3. The van der Waals surface area contributed by atoms with E-state index in [1.807, 2.05) is 32.0 Å². The number of hydrogen-bond acceptors (Lipinski definition) is 6. The zero-order valence-corrected chi connectivity index (χ0v) is 21.7. The summed E-state index contributed by atoms with van der Waals surface area (Å²) >= 11 is 0. The van der Waals surface area contributed by atoms with Crippen molar-refractivity contribution in [3.05, 3.63) is 64.7 Å². The number of nitrogens with zero attached hydrogens (tertiary/aromatic N) is 1. The maximum absolute atomic E-state index is 13.2. The van der Waals surface area contributed by atoms with Crippen LogP contribution in [0.15, 0.2) is 42.5 Å². The first-order chi connectivity index (χ1) is 17.4. The molecule has 6 N–H and O–H groups in total. The number of rotatable bonds is 12. The molecule has 0 aliphatic rings.